The largest absolute Gasteiger partial charge is 0.397 e. The second-order valence-corrected chi connectivity index (χ2v) is 4.45. The summed E-state index contributed by atoms with van der Waals surface area (Å²) < 4.78 is 0. The molecule has 0 heterocycles. The molecule has 2 aromatic rings. The Hall–Kier alpha value is -1.89. The maximum absolute atomic E-state index is 9.00. The Morgan fingerprint density at radius 3 is 2.44 bits per heavy atom. The Morgan fingerprint density at radius 1 is 1.06 bits per heavy atom. The lowest BCUT2D eigenvalue weighted by molar-refractivity contribution is 1.46. The maximum Gasteiger partial charge on any atom is 0.101 e. The third-order valence-electron chi connectivity index (χ3n) is 2.41. The molecular weight excluding hydrogens is 269 g/mol. The van der Waals surface area contributed by atoms with Crippen LogP contribution in [-0.2, 0) is 0 Å². The first-order valence-electron chi connectivity index (χ1n) is 5.12. The van der Waals surface area contributed by atoms with Crippen molar-refractivity contribution in [1.82, 2.24) is 0 Å². The summed E-state index contributed by atoms with van der Waals surface area (Å²) in [5.41, 5.74) is 8.13. The van der Waals surface area contributed by atoms with E-state index in [1.54, 1.807) is 30.3 Å². The second kappa shape index (κ2) is 5.18. The van der Waals surface area contributed by atoms with E-state index in [1.165, 1.54) is 0 Å². The summed E-state index contributed by atoms with van der Waals surface area (Å²) in [5, 5.41) is 12.9. The van der Waals surface area contributed by atoms with Crippen LogP contribution in [-0.4, -0.2) is 0 Å². The molecule has 0 spiro atoms. The Labute approximate surface area is 115 Å². The van der Waals surface area contributed by atoms with Crippen molar-refractivity contribution in [2.45, 2.75) is 0 Å². The molecule has 2 aromatic carbocycles. The summed E-state index contributed by atoms with van der Waals surface area (Å²) in [5.74, 6) is 0. The molecule has 90 valence electrons. The van der Waals surface area contributed by atoms with Crippen LogP contribution in [0.4, 0.5) is 17.1 Å². The Bertz CT molecular complexity index is 633. The lowest BCUT2D eigenvalue weighted by Crippen LogP contribution is -1.98. The van der Waals surface area contributed by atoms with Crippen molar-refractivity contribution in [3.8, 4) is 6.07 Å². The molecule has 3 nitrogen and oxygen atoms in total. The molecule has 0 aliphatic rings. The first kappa shape index (κ1) is 12.6. The van der Waals surface area contributed by atoms with Crippen molar-refractivity contribution < 1.29 is 0 Å². The van der Waals surface area contributed by atoms with Gasteiger partial charge in [-0.2, -0.15) is 5.26 Å². The van der Waals surface area contributed by atoms with Gasteiger partial charge in [-0.3, -0.25) is 0 Å². The van der Waals surface area contributed by atoms with Crippen LogP contribution >= 0.6 is 23.2 Å². The number of rotatable bonds is 2. The molecule has 0 radical (unpaired) electrons. The normalized spacial score (nSPS) is 9.83. The SMILES string of the molecule is N#Cc1ccccc1Nc1cc(Cl)c(Cl)cc1N. The molecule has 0 unspecified atom stereocenters. The van der Waals surface area contributed by atoms with Gasteiger partial charge in [0.15, 0.2) is 0 Å². The number of nitrogens with two attached hydrogens (primary N) is 1. The fraction of sp³-hybridized carbons (Fsp3) is 0. The van der Waals surface area contributed by atoms with Crippen LogP contribution in [0.3, 0.4) is 0 Å². The summed E-state index contributed by atoms with van der Waals surface area (Å²) in [6.07, 6.45) is 0. The lowest BCUT2D eigenvalue weighted by Gasteiger charge is -2.11. The molecule has 2 rings (SSSR count). The van der Waals surface area contributed by atoms with Crippen molar-refractivity contribution in [3.05, 3.63) is 52.0 Å². The number of hydrogen-bond acceptors (Lipinski definition) is 3. The van der Waals surface area contributed by atoms with Crippen molar-refractivity contribution in [1.29, 1.82) is 5.26 Å². The minimum Gasteiger partial charge on any atom is -0.397 e. The summed E-state index contributed by atoms with van der Waals surface area (Å²) in [6.45, 7) is 0. The minimum absolute atomic E-state index is 0.397. The first-order valence-corrected chi connectivity index (χ1v) is 5.88. The van der Waals surface area contributed by atoms with Crippen molar-refractivity contribution >= 4 is 40.3 Å². The van der Waals surface area contributed by atoms with Gasteiger partial charge in [0.1, 0.15) is 6.07 Å². The van der Waals surface area contributed by atoms with Crippen molar-refractivity contribution in [2.24, 2.45) is 0 Å². The predicted octanol–water partition coefficient (Wildman–Crippen LogP) is 4.19. The van der Waals surface area contributed by atoms with Gasteiger partial charge in [-0.25, -0.2) is 0 Å². The van der Waals surface area contributed by atoms with E-state index < -0.39 is 0 Å². The van der Waals surface area contributed by atoms with Crippen LogP contribution in [0, 0.1) is 11.3 Å². The Kier molecular flexibility index (Phi) is 3.61. The predicted molar refractivity (Wildman–Crippen MR) is 75.3 cm³/mol. The van der Waals surface area contributed by atoms with E-state index in [2.05, 4.69) is 11.4 Å². The third kappa shape index (κ3) is 2.51. The van der Waals surface area contributed by atoms with E-state index in [-0.39, 0.29) is 0 Å². The van der Waals surface area contributed by atoms with E-state index in [1.807, 2.05) is 6.07 Å². The van der Waals surface area contributed by atoms with Crippen LogP contribution in [0.1, 0.15) is 5.56 Å². The van der Waals surface area contributed by atoms with Gasteiger partial charge in [0, 0.05) is 0 Å². The standard InChI is InChI=1S/C13H9Cl2N3/c14-9-5-11(17)13(6-10(9)15)18-12-4-2-1-3-8(12)7-16/h1-6,18H,17H2. The fourth-order valence-corrected chi connectivity index (χ4v) is 1.84. The molecule has 3 N–H and O–H groups in total. The molecule has 0 atom stereocenters. The van der Waals surface area contributed by atoms with Gasteiger partial charge in [-0.05, 0) is 24.3 Å². The average molecular weight is 278 g/mol. The van der Waals surface area contributed by atoms with Crippen LogP contribution < -0.4 is 11.1 Å². The number of anilines is 3. The third-order valence-corrected chi connectivity index (χ3v) is 3.13. The quantitative estimate of drug-likeness (QED) is 0.809. The van der Waals surface area contributed by atoms with Gasteiger partial charge in [0.25, 0.3) is 0 Å². The van der Waals surface area contributed by atoms with E-state index in [0.29, 0.717) is 32.7 Å². The molecule has 0 saturated carbocycles. The minimum atomic E-state index is 0.397. The topological polar surface area (TPSA) is 61.8 Å². The zero-order valence-electron chi connectivity index (χ0n) is 9.24. The van der Waals surface area contributed by atoms with Crippen LogP contribution in [0.25, 0.3) is 0 Å². The highest BCUT2D eigenvalue weighted by Gasteiger charge is 2.07. The molecule has 0 bridgehead atoms. The summed E-state index contributed by atoms with van der Waals surface area (Å²) >= 11 is 11.8. The highest BCUT2D eigenvalue weighted by molar-refractivity contribution is 6.42. The van der Waals surface area contributed by atoms with Gasteiger partial charge in [0.2, 0.25) is 0 Å². The number of hydrogen-bond donors (Lipinski definition) is 2. The summed E-state index contributed by atoms with van der Waals surface area (Å²) in [4.78, 5) is 0. The molecule has 0 fully saturated rings. The number of nitriles is 1. The average Bonchev–Trinajstić information content (AvgIpc) is 2.36. The van der Waals surface area contributed by atoms with Crippen LogP contribution in [0.2, 0.25) is 10.0 Å². The molecule has 5 heteroatoms. The lowest BCUT2D eigenvalue weighted by atomic mass is 10.2. The molecule has 0 amide bonds. The van der Waals surface area contributed by atoms with Gasteiger partial charge >= 0.3 is 0 Å². The smallest absolute Gasteiger partial charge is 0.101 e. The Morgan fingerprint density at radius 2 is 1.72 bits per heavy atom. The summed E-state index contributed by atoms with van der Waals surface area (Å²) in [6, 6.07) is 12.4. The highest BCUT2D eigenvalue weighted by Crippen LogP contribution is 2.33. The van der Waals surface area contributed by atoms with E-state index in [9.17, 15) is 0 Å². The second-order valence-electron chi connectivity index (χ2n) is 3.64. The van der Waals surface area contributed by atoms with Gasteiger partial charge in [-0.1, -0.05) is 35.3 Å². The molecule has 0 aliphatic heterocycles. The Balaban J connectivity index is 2.41. The molecule has 18 heavy (non-hydrogen) atoms. The van der Waals surface area contributed by atoms with Gasteiger partial charge < -0.3 is 11.1 Å². The van der Waals surface area contributed by atoms with E-state index in [0.717, 1.165) is 0 Å². The van der Waals surface area contributed by atoms with Crippen LogP contribution in [0.15, 0.2) is 36.4 Å². The van der Waals surface area contributed by atoms with Crippen LogP contribution in [0.5, 0.6) is 0 Å². The van der Waals surface area contributed by atoms with E-state index in [4.69, 9.17) is 34.2 Å². The zero-order valence-corrected chi connectivity index (χ0v) is 10.8. The summed E-state index contributed by atoms with van der Waals surface area (Å²) in [7, 11) is 0. The van der Waals surface area contributed by atoms with E-state index >= 15 is 0 Å². The number of nitrogens with zero attached hydrogens (tertiary/aromatic N) is 1. The fourth-order valence-electron chi connectivity index (χ4n) is 1.51. The number of nitrogen functional groups attached to an aromatic ring is 1. The molecule has 0 aliphatic carbocycles. The first-order chi connectivity index (χ1) is 8.61. The van der Waals surface area contributed by atoms with Crippen molar-refractivity contribution in [3.63, 3.8) is 0 Å². The molecule has 0 aromatic heterocycles. The number of halogens is 2. The number of para-hydroxylation sites is 1. The maximum atomic E-state index is 9.00. The van der Waals surface area contributed by atoms with Crippen molar-refractivity contribution in [2.75, 3.05) is 11.1 Å². The molecular formula is C13H9Cl2N3. The van der Waals surface area contributed by atoms with Gasteiger partial charge in [-0.15, -0.1) is 0 Å². The van der Waals surface area contributed by atoms with Gasteiger partial charge in [0.05, 0.1) is 32.7 Å². The zero-order chi connectivity index (χ0) is 13.1. The number of nitrogens with one attached hydrogen (secondary N) is 1. The highest BCUT2D eigenvalue weighted by atomic mass is 35.5. The monoisotopic (exact) mass is 277 g/mol. The number of benzene rings is 2. The molecule has 0 saturated heterocycles.